The summed E-state index contributed by atoms with van der Waals surface area (Å²) in [6.07, 6.45) is -4.70. The summed E-state index contributed by atoms with van der Waals surface area (Å²) in [5.41, 5.74) is -0.950. The van der Waals surface area contributed by atoms with E-state index in [1.165, 1.54) is 31.3 Å². The molecule has 0 fully saturated rings. The molecule has 1 aromatic carbocycles. The van der Waals surface area contributed by atoms with Gasteiger partial charge in [-0.25, -0.2) is 4.39 Å². The molecule has 0 amide bonds. The molecule has 0 aliphatic heterocycles. The first-order chi connectivity index (χ1) is 10.8. The molecule has 0 unspecified atom stereocenters. The zero-order valence-electron chi connectivity index (χ0n) is 11.4. The molecule has 2 aromatic heterocycles. The molecule has 0 radical (unpaired) electrons. The number of rotatable bonds is 2. The number of aromatic nitrogens is 4. The number of hydrogen-bond acceptors (Lipinski definition) is 4. The first-order valence-corrected chi connectivity index (χ1v) is 6.55. The quantitative estimate of drug-likeness (QED) is 0.659. The van der Waals surface area contributed by atoms with Gasteiger partial charge in [-0.05, 0) is 24.3 Å². The monoisotopic (exact) mass is 346 g/mol. The number of aryl methyl sites for hydroxylation is 1. The highest BCUT2D eigenvalue weighted by atomic mass is 35.5. The molecule has 23 heavy (non-hydrogen) atoms. The Morgan fingerprint density at radius 1 is 1.17 bits per heavy atom. The molecule has 0 saturated carbocycles. The molecule has 0 atom stereocenters. The first kappa shape index (κ1) is 15.5. The molecule has 5 nitrogen and oxygen atoms in total. The largest absolute Gasteiger partial charge is 0.436 e. The summed E-state index contributed by atoms with van der Waals surface area (Å²) in [6, 6.07) is 5.22. The Kier molecular flexibility index (Phi) is 3.59. The highest BCUT2D eigenvalue weighted by Gasteiger charge is 2.39. The van der Waals surface area contributed by atoms with Gasteiger partial charge in [0.2, 0.25) is 5.82 Å². The van der Waals surface area contributed by atoms with Crippen molar-refractivity contribution in [3.05, 3.63) is 40.8 Å². The fourth-order valence-corrected chi connectivity index (χ4v) is 2.30. The average Bonchev–Trinajstić information content (AvgIpc) is 3.04. The summed E-state index contributed by atoms with van der Waals surface area (Å²) in [5.74, 6) is -0.576. The summed E-state index contributed by atoms with van der Waals surface area (Å²) in [6.45, 7) is 0. The van der Waals surface area contributed by atoms with Gasteiger partial charge in [0.15, 0.2) is 5.69 Å². The number of halogens is 5. The fourth-order valence-electron chi connectivity index (χ4n) is 1.95. The molecular weight excluding hydrogens is 340 g/mol. The van der Waals surface area contributed by atoms with E-state index in [-0.39, 0.29) is 17.4 Å². The molecule has 10 heteroatoms. The predicted molar refractivity (Wildman–Crippen MR) is 71.9 cm³/mol. The maximum absolute atomic E-state index is 12.9. The van der Waals surface area contributed by atoms with Gasteiger partial charge in [0.05, 0.1) is 0 Å². The number of nitrogens with zero attached hydrogens (tertiary/aromatic N) is 4. The van der Waals surface area contributed by atoms with Crippen LogP contribution in [0, 0.1) is 5.82 Å². The van der Waals surface area contributed by atoms with Gasteiger partial charge in [-0.2, -0.15) is 23.3 Å². The van der Waals surface area contributed by atoms with E-state index in [9.17, 15) is 17.6 Å². The Morgan fingerprint density at radius 3 is 2.39 bits per heavy atom. The van der Waals surface area contributed by atoms with E-state index in [1.54, 1.807) is 0 Å². The minimum absolute atomic E-state index is 0.0887. The third-order valence-corrected chi connectivity index (χ3v) is 3.35. The highest BCUT2D eigenvalue weighted by Crippen LogP contribution is 2.39. The van der Waals surface area contributed by atoms with Crippen LogP contribution in [0.2, 0.25) is 5.02 Å². The fraction of sp³-hybridized carbons (Fsp3) is 0.154. The van der Waals surface area contributed by atoms with Crippen LogP contribution < -0.4 is 0 Å². The Morgan fingerprint density at radius 2 is 1.83 bits per heavy atom. The van der Waals surface area contributed by atoms with Crippen LogP contribution in [0.1, 0.15) is 5.69 Å². The lowest BCUT2D eigenvalue weighted by atomic mass is 10.2. The zero-order chi connectivity index (χ0) is 16.8. The van der Waals surface area contributed by atoms with Gasteiger partial charge in [0.25, 0.3) is 5.89 Å². The van der Waals surface area contributed by atoms with Crippen molar-refractivity contribution in [2.45, 2.75) is 6.18 Å². The van der Waals surface area contributed by atoms with Crippen molar-refractivity contribution >= 4 is 11.6 Å². The molecular formula is C13H7ClF4N4O. The van der Waals surface area contributed by atoms with E-state index in [2.05, 4.69) is 15.2 Å². The minimum Gasteiger partial charge on any atom is -0.332 e. The third-order valence-electron chi connectivity index (χ3n) is 2.99. The first-order valence-electron chi connectivity index (χ1n) is 6.17. The third kappa shape index (κ3) is 2.79. The number of hydrogen-bond donors (Lipinski definition) is 0. The van der Waals surface area contributed by atoms with E-state index in [0.717, 1.165) is 4.68 Å². The molecule has 0 N–H and O–H groups in total. The molecule has 0 saturated heterocycles. The summed E-state index contributed by atoms with van der Waals surface area (Å²) in [7, 11) is 1.28. The Bertz CT molecular complexity index is 854. The van der Waals surface area contributed by atoms with Crippen LogP contribution in [0.25, 0.3) is 23.0 Å². The van der Waals surface area contributed by atoms with Crippen molar-refractivity contribution in [1.29, 1.82) is 0 Å². The Hall–Kier alpha value is -2.42. The lowest BCUT2D eigenvalue weighted by molar-refractivity contribution is -0.141. The normalized spacial score (nSPS) is 11.9. The van der Waals surface area contributed by atoms with Gasteiger partial charge in [-0.3, -0.25) is 4.68 Å². The van der Waals surface area contributed by atoms with Crippen LogP contribution >= 0.6 is 11.6 Å². The molecule has 0 bridgehead atoms. The van der Waals surface area contributed by atoms with Crippen molar-refractivity contribution in [2.24, 2.45) is 7.05 Å². The Balaban J connectivity index is 2.04. The molecule has 120 valence electrons. The van der Waals surface area contributed by atoms with E-state index in [4.69, 9.17) is 16.1 Å². The molecule has 0 aliphatic carbocycles. The summed E-state index contributed by atoms with van der Waals surface area (Å²) >= 11 is 5.74. The topological polar surface area (TPSA) is 56.7 Å². The van der Waals surface area contributed by atoms with Crippen molar-refractivity contribution in [2.75, 3.05) is 0 Å². The van der Waals surface area contributed by atoms with Crippen molar-refractivity contribution in [3.63, 3.8) is 0 Å². The zero-order valence-corrected chi connectivity index (χ0v) is 12.2. The molecule has 0 aliphatic rings. The van der Waals surface area contributed by atoms with Crippen LogP contribution in [0.3, 0.4) is 0 Å². The van der Waals surface area contributed by atoms with Crippen molar-refractivity contribution in [1.82, 2.24) is 19.9 Å². The van der Waals surface area contributed by atoms with E-state index in [0.29, 0.717) is 5.56 Å². The van der Waals surface area contributed by atoms with Gasteiger partial charge in [-0.1, -0.05) is 16.8 Å². The second-order valence-corrected chi connectivity index (χ2v) is 4.94. The van der Waals surface area contributed by atoms with Gasteiger partial charge >= 0.3 is 6.18 Å². The summed E-state index contributed by atoms with van der Waals surface area (Å²) in [4.78, 5) is 3.98. The van der Waals surface area contributed by atoms with Crippen LogP contribution in [-0.2, 0) is 13.2 Å². The van der Waals surface area contributed by atoms with Gasteiger partial charge in [0.1, 0.15) is 16.5 Å². The Labute approximate surface area is 131 Å². The maximum Gasteiger partial charge on any atom is 0.436 e. The lowest BCUT2D eigenvalue weighted by Gasteiger charge is -2.00. The molecule has 3 rings (SSSR count). The maximum atomic E-state index is 12.9. The van der Waals surface area contributed by atoms with Crippen LogP contribution in [0.5, 0.6) is 0 Å². The van der Waals surface area contributed by atoms with E-state index >= 15 is 0 Å². The smallest absolute Gasteiger partial charge is 0.332 e. The molecule has 2 heterocycles. The van der Waals surface area contributed by atoms with Crippen LogP contribution in [0.4, 0.5) is 17.6 Å². The molecule has 0 spiro atoms. The number of benzene rings is 1. The standard InChI is InChI=1S/C13H7ClF4N4O/c1-22-9(8(14)10(20-22)13(16,17)18)12-19-11(21-23-12)6-2-4-7(15)5-3-6/h2-5H,1H3. The minimum atomic E-state index is -4.70. The lowest BCUT2D eigenvalue weighted by Crippen LogP contribution is -2.07. The van der Waals surface area contributed by atoms with E-state index in [1.807, 2.05) is 0 Å². The SMILES string of the molecule is Cn1nc(C(F)(F)F)c(Cl)c1-c1nc(-c2ccc(F)cc2)no1. The van der Waals surface area contributed by atoms with Crippen molar-refractivity contribution in [3.8, 4) is 23.0 Å². The molecule has 3 aromatic rings. The summed E-state index contributed by atoms with van der Waals surface area (Å²) < 4.78 is 57.2. The number of alkyl halides is 3. The van der Waals surface area contributed by atoms with Crippen LogP contribution in [-0.4, -0.2) is 19.9 Å². The van der Waals surface area contributed by atoms with Gasteiger partial charge in [-0.15, -0.1) is 0 Å². The van der Waals surface area contributed by atoms with Gasteiger partial charge < -0.3 is 4.52 Å². The second-order valence-electron chi connectivity index (χ2n) is 4.56. The van der Waals surface area contributed by atoms with Crippen LogP contribution in [0.15, 0.2) is 28.8 Å². The average molecular weight is 347 g/mol. The van der Waals surface area contributed by atoms with E-state index < -0.39 is 22.7 Å². The predicted octanol–water partition coefficient (Wildman–Crippen LogP) is 3.95. The van der Waals surface area contributed by atoms with Gasteiger partial charge in [0, 0.05) is 12.6 Å². The second kappa shape index (κ2) is 5.34. The van der Waals surface area contributed by atoms with Crippen molar-refractivity contribution < 1.29 is 22.1 Å². The highest BCUT2D eigenvalue weighted by molar-refractivity contribution is 6.33. The summed E-state index contributed by atoms with van der Waals surface area (Å²) in [5, 5.41) is 6.36.